The van der Waals surface area contributed by atoms with Crippen molar-refractivity contribution in [2.75, 3.05) is 19.0 Å². The van der Waals surface area contributed by atoms with Gasteiger partial charge in [0.2, 0.25) is 0 Å². The normalized spacial score (nSPS) is 19.0. The van der Waals surface area contributed by atoms with Crippen molar-refractivity contribution in [1.29, 1.82) is 5.26 Å². The van der Waals surface area contributed by atoms with Crippen molar-refractivity contribution in [3.05, 3.63) is 0 Å². The molecule has 3 nitrogen and oxygen atoms in total. The molecule has 116 valence electrons. The maximum absolute atomic E-state index is 12.7. The molecular weight excluding hydrogens is 305 g/mol. The van der Waals surface area contributed by atoms with Crippen molar-refractivity contribution >= 4 is 11.8 Å². The predicted octanol–water partition coefficient (Wildman–Crippen LogP) is 3.35. The molecule has 0 saturated carbocycles. The zero-order valence-corrected chi connectivity index (χ0v) is 11.3. The van der Waals surface area contributed by atoms with Crippen LogP contribution in [-0.4, -0.2) is 42.6 Å². The van der Waals surface area contributed by atoms with Gasteiger partial charge in [0, 0.05) is 12.8 Å². The molecule has 1 saturated heterocycles. The summed E-state index contributed by atoms with van der Waals surface area (Å²) in [7, 11) is 0. The van der Waals surface area contributed by atoms with E-state index in [1.807, 2.05) is 0 Å². The van der Waals surface area contributed by atoms with Crippen LogP contribution in [0.15, 0.2) is 0 Å². The number of halogens is 5. The fourth-order valence-corrected chi connectivity index (χ4v) is 2.49. The van der Waals surface area contributed by atoms with Crippen LogP contribution in [0.5, 0.6) is 0 Å². The lowest BCUT2D eigenvalue weighted by Gasteiger charge is -2.20. The highest BCUT2D eigenvalue weighted by Crippen LogP contribution is 2.39. The first-order valence-corrected chi connectivity index (χ1v) is 7.00. The molecule has 1 atom stereocenters. The van der Waals surface area contributed by atoms with Gasteiger partial charge in [0.25, 0.3) is 0 Å². The Labute approximate surface area is 117 Å². The Morgan fingerprint density at radius 3 is 2.30 bits per heavy atom. The summed E-state index contributed by atoms with van der Waals surface area (Å²) in [6.07, 6.45) is -7.36. The highest BCUT2D eigenvalue weighted by atomic mass is 32.2. The van der Waals surface area contributed by atoms with Gasteiger partial charge >= 0.3 is 12.1 Å². The molecule has 1 aliphatic heterocycles. The number of hydrogen-bond donors (Lipinski definition) is 0. The van der Waals surface area contributed by atoms with E-state index < -0.39 is 30.2 Å². The van der Waals surface area contributed by atoms with E-state index in [9.17, 15) is 22.0 Å². The van der Waals surface area contributed by atoms with Crippen LogP contribution in [-0.2, 0) is 9.47 Å². The van der Waals surface area contributed by atoms with Crippen LogP contribution in [0, 0.1) is 11.3 Å². The Morgan fingerprint density at radius 1 is 1.20 bits per heavy atom. The monoisotopic (exact) mass is 319 g/mol. The van der Waals surface area contributed by atoms with E-state index in [4.69, 9.17) is 14.7 Å². The number of alkyl halides is 5. The summed E-state index contributed by atoms with van der Waals surface area (Å²) in [4.78, 5) is 0. The minimum absolute atomic E-state index is 0.376. The fourth-order valence-electron chi connectivity index (χ4n) is 1.52. The molecular formula is C11H14F5NO2S. The summed E-state index contributed by atoms with van der Waals surface area (Å²) in [6.45, 7) is 0.962. The number of hydrogen-bond acceptors (Lipinski definition) is 4. The second-order valence-corrected chi connectivity index (χ2v) is 5.50. The van der Waals surface area contributed by atoms with Gasteiger partial charge in [0.15, 0.2) is 6.29 Å². The molecule has 0 aliphatic carbocycles. The third kappa shape index (κ3) is 5.42. The quantitative estimate of drug-likeness (QED) is 0.675. The number of nitrogens with zero attached hydrogens (tertiary/aromatic N) is 1. The van der Waals surface area contributed by atoms with E-state index in [1.165, 1.54) is 0 Å². The molecule has 0 radical (unpaired) electrons. The van der Waals surface area contributed by atoms with Gasteiger partial charge in [-0.15, -0.1) is 11.8 Å². The molecule has 0 aromatic heterocycles. The highest BCUT2D eigenvalue weighted by molar-refractivity contribution is 8.00. The first-order valence-electron chi connectivity index (χ1n) is 5.95. The van der Waals surface area contributed by atoms with Crippen LogP contribution in [0.25, 0.3) is 0 Å². The minimum Gasteiger partial charge on any atom is -0.350 e. The molecule has 1 fully saturated rings. The first-order chi connectivity index (χ1) is 9.26. The summed E-state index contributed by atoms with van der Waals surface area (Å²) in [6, 6.07) is 1.73. The van der Waals surface area contributed by atoms with Crippen molar-refractivity contribution in [3.8, 4) is 6.07 Å². The number of nitriles is 1. The third-order valence-electron chi connectivity index (χ3n) is 2.64. The van der Waals surface area contributed by atoms with Crippen molar-refractivity contribution in [1.82, 2.24) is 0 Å². The van der Waals surface area contributed by atoms with Crippen molar-refractivity contribution in [3.63, 3.8) is 0 Å². The van der Waals surface area contributed by atoms with Gasteiger partial charge in [-0.1, -0.05) is 0 Å². The maximum Gasteiger partial charge on any atom is 0.453 e. The topological polar surface area (TPSA) is 42.2 Å². The first kappa shape index (κ1) is 17.5. The van der Waals surface area contributed by atoms with Gasteiger partial charge in [-0.2, -0.15) is 27.2 Å². The maximum atomic E-state index is 12.7. The Hall–Kier alpha value is -0.590. The van der Waals surface area contributed by atoms with E-state index in [0.717, 1.165) is 11.8 Å². The van der Waals surface area contributed by atoms with Gasteiger partial charge in [-0.25, -0.2) is 0 Å². The van der Waals surface area contributed by atoms with E-state index in [1.54, 1.807) is 6.07 Å². The van der Waals surface area contributed by atoms with Crippen LogP contribution in [0.4, 0.5) is 22.0 Å². The largest absolute Gasteiger partial charge is 0.453 e. The Balaban J connectivity index is 2.27. The van der Waals surface area contributed by atoms with Crippen LogP contribution in [0.1, 0.15) is 19.3 Å². The highest BCUT2D eigenvalue weighted by Gasteiger charge is 2.56. The van der Waals surface area contributed by atoms with Crippen molar-refractivity contribution in [2.45, 2.75) is 42.9 Å². The summed E-state index contributed by atoms with van der Waals surface area (Å²) >= 11 is 1.04. The molecule has 0 N–H and O–H groups in total. The second kappa shape index (κ2) is 7.43. The fraction of sp³-hybridized carbons (Fsp3) is 0.909. The van der Waals surface area contributed by atoms with Gasteiger partial charge in [0.05, 0.1) is 24.5 Å². The van der Waals surface area contributed by atoms with Gasteiger partial charge < -0.3 is 9.47 Å². The average molecular weight is 319 g/mol. The molecule has 0 bridgehead atoms. The zero-order valence-electron chi connectivity index (χ0n) is 10.5. The summed E-state index contributed by atoms with van der Waals surface area (Å²) in [5, 5.41) is 7.86. The minimum atomic E-state index is -5.57. The van der Waals surface area contributed by atoms with Gasteiger partial charge in [-0.05, 0) is 12.2 Å². The number of thioether (sulfide) groups is 1. The molecule has 20 heavy (non-hydrogen) atoms. The van der Waals surface area contributed by atoms with E-state index >= 15 is 0 Å². The van der Waals surface area contributed by atoms with Gasteiger partial charge in [0.1, 0.15) is 0 Å². The summed E-state index contributed by atoms with van der Waals surface area (Å²) in [5.41, 5.74) is 0. The smallest absolute Gasteiger partial charge is 0.350 e. The lowest BCUT2D eigenvalue weighted by atomic mass is 10.1. The number of ether oxygens (including phenoxy) is 2. The molecule has 1 aliphatic rings. The lowest BCUT2D eigenvalue weighted by Crippen LogP contribution is -2.36. The predicted molar refractivity (Wildman–Crippen MR) is 62.4 cm³/mol. The molecule has 0 amide bonds. The SMILES string of the molecule is N#CC(CCC(F)(F)C(F)(F)F)SCCC1OCCO1. The zero-order chi connectivity index (χ0) is 15.2. The summed E-state index contributed by atoms with van der Waals surface area (Å²) < 4.78 is 71.6. The van der Waals surface area contributed by atoms with E-state index in [2.05, 4.69) is 0 Å². The summed E-state index contributed by atoms with van der Waals surface area (Å²) in [5.74, 6) is -4.35. The van der Waals surface area contributed by atoms with Crippen LogP contribution in [0.2, 0.25) is 0 Å². The molecule has 9 heteroatoms. The molecule has 1 heterocycles. The second-order valence-electron chi connectivity index (χ2n) is 4.19. The van der Waals surface area contributed by atoms with Gasteiger partial charge in [-0.3, -0.25) is 0 Å². The van der Waals surface area contributed by atoms with Crippen molar-refractivity contribution < 1.29 is 31.4 Å². The Morgan fingerprint density at radius 2 is 1.80 bits per heavy atom. The van der Waals surface area contributed by atoms with Crippen LogP contribution >= 0.6 is 11.8 Å². The van der Waals surface area contributed by atoms with E-state index in [0.29, 0.717) is 25.4 Å². The molecule has 0 aromatic rings. The molecule has 0 spiro atoms. The van der Waals surface area contributed by atoms with Crippen molar-refractivity contribution in [2.24, 2.45) is 0 Å². The molecule has 1 unspecified atom stereocenters. The third-order valence-corrected chi connectivity index (χ3v) is 3.86. The Bertz CT molecular complexity index is 339. The van der Waals surface area contributed by atoms with Crippen LogP contribution < -0.4 is 0 Å². The van der Waals surface area contributed by atoms with E-state index in [-0.39, 0.29) is 6.29 Å². The molecule has 0 aromatic carbocycles. The average Bonchev–Trinajstić information content (AvgIpc) is 2.85. The standard InChI is InChI=1S/C11H14F5NO2S/c12-10(13,11(14,15)16)3-1-8(7-17)20-6-2-9-18-4-5-19-9/h8-9H,1-6H2. The molecule has 1 rings (SSSR count). The number of rotatable bonds is 7. The lowest BCUT2D eigenvalue weighted by molar-refractivity contribution is -0.284. The Kier molecular flexibility index (Phi) is 6.48. The van der Waals surface area contributed by atoms with Crippen LogP contribution in [0.3, 0.4) is 0 Å².